The van der Waals surface area contributed by atoms with Crippen molar-refractivity contribution in [2.75, 3.05) is 24.5 Å². The van der Waals surface area contributed by atoms with E-state index >= 15 is 0 Å². The van der Waals surface area contributed by atoms with E-state index in [1.54, 1.807) is 6.20 Å². The summed E-state index contributed by atoms with van der Waals surface area (Å²) >= 11 is 0. The van der Waals surface area contributed by atoms with E-state index in [0.29, 0.717) is 11.9 Å². The first kappa shape index (κ1) is 12.7. The third-order valence-electron chi connectivity index (χ3n) is 4.17. The maximum absolute atomic E-state index is 5.65. The molecule has 0 saturated carbocycles. The molecule has 2 saturated heterocycles. The van der Waals surface area contributed by atoms with Crippen LogP contribution in [0.1, 0.15) is 20.8 Å². The molecule has 1 aromatic rings. The fourth-order valence-electron chi connectivity index (χ4n) is 3.21. The lowest BCUT2D eigenvalue weighted by Crippen LogP contribution is -2.34. The average molecular weight is 262 g/mol. The van der Waals surface area contributed by atoms with Crippen molar-refractivity contribution in [2.24, 2.45) is 11.8 Å². The van der Waals surface area contributed by atoms with Crippen molar-refractivity contribution in [2.45, 2.75) is 32.9 Å². The molecule has 1 aromatic heterocycles. The highest BCUT2D eigenvalue weighted by atomic mass is 16.5. The number of hydrogen-bond acceptors (Lipinski definition) is 5. The van der Waals surface area contributed by atoms with E-state index in [2.05, 4.69) is 27.1 Å². The Kier molecular flexibility index (Phi) is 3.31. The van der Waals surface area contributed by atoms with Gasteiger partial charge in [0.15, 0.2) is 0 Å². The van der Waals surface area contributed by atoms with Gasteiger partial charge < -0.3 is 15.0 Å². The number of nitrogens with one attached hydrogen (secondary N) is 1. The molecule has 104 valence electrons. The fraction of sp³-hybridized carbons (Fsp3) is 0.714. The van der Waals surface area contributed by atoms with Crippen molar-refractivity contribution in [1.82, 2.24) is 15.3 Å². The molecule has 5 nitrogen and oxygen atoms in total. The zero-order valence-electron chi connectivity index (χ0n) is 11.8. The molecule has 19 heavy (non-hydrogen) atoms. The standard InChI is InChI=1S/C14H22N4O/c1-9(2)19-13-4-5-16-14(17-13)18-8-11-6-15-7-12(11)10(18)3/h4-5,9-12,15H,6-8H2,1-3H3. The minimum absolute atomic E-state index is 0.141. The zero-order valence-corrected chi connectivity index (χ0v) is 11.8. The van der Waals surface area contributed by atoms with Crippen molar-refractivity contribution < 1.29 is 4.74 Å². The van der Waals surface area contributed by atoms with Gasteiger partial charge in [0.05, 0.1) is 6.10 Å². The monoisotopic (exact) mass is 262 g/mol. The second-order valence-corrected chi connectivity index (χ2v) is 5.84. The van der Waals surface area contributed by atoms with Gasteiger partial charge in [-0.05, 0) is 32.6 Å². The smallest absolute Gasteiger partial charge is 0.228 e. The molecule has 2 aliphatic heterocycles. The van der Waals surface area contributed by atoms with E-state index < -0.39 is 0 Å². The Hall–Kier alpha value is -1.36. The van der Waals surface area contributed by atoms with Gasteiger partial charge in [-0.25, -0.2) is 4.98 Å². The Bertz CT molecular complexity index is 451. The highest BCUT2D eigenvalue weighted by Crippen LogP contribution is 2.34. The van der Waals surface area contributed by atoms with E-state index in [4.69, 9.17) is 4.74 Å². The van der Waals surface area contributed by atoms with Crippen LogP contribution < -0.4 is 15.0 Å². The van der Waals surface area contributed by atoms with Crippen molar-refractivity contribution in [3.63, 3.8) is 0 Å². The summed E-state index contributed by atoms with van der Waals surface area (Å²) in [7, 11) is 0. The van der Waals surface area contributed by atoms with Gasteiger partial charge in [-0.1, -0.05) is 0 Å². The quantitative estimate of drug-likeness (QED) is 0.890. The van der Waals surface area contributed by atoms with E-state index in [1.165, 1.54) is 0 Å². The molecule has 0 amide bonds. The van der Waals surface area contributed by atoms with Crippen LogP contribution in [0.2, 0.25) is 0 Å². The van der Waals surface area contributed by atoms with Crippen LogP contribution >= 0.6 is 0 Å². The Morgan fingerprint density at radius 2 is 2.26 bits per heavy atom. The summed E-state index contributed by atoms with van der Waals surface area (Å²) in [6.07, 6.45) is 1.93. The Morgan fingerprint density at radius 1 is 1.42 bits per heavy atom. The molecule has 5 heteroatoms. The number of hydrogen-bond donors (Lipinski definition) is 1. The second kappa shape index (κ2) is 4.96. The van der Waals surface area contributed by atoms with Crippen LogP contribution in [0.5, 0.6) is 5.88 Å². The second-order valence-electron chi connectivity index (χ2n) is 5.84. The lowest BCUT2D eigenvalue weighted by atomic mass is 9.95. The Balaban J connectivity index is 1.79. The summed E-state index contributed by atoms with van der Waals surface area (Å²) in [6, 6.07) is 2.32. The summed E-state index contributed by atoms with van der Waals surface area (Å²) in [5, 5.41) is 3.47. The summed E-state index contributed by atoms with van der Waals surface area (Å²) < 4.78 is 5.65. The molecule has 0 radical (unpaired) electrons. The van der Waals surface area contributed by atoms with Crippen LogP contribution in [0, 0.1) is 11.8 Å². The molecule has 1 N–H and O–H groups in total. The molecule has 0 spiro atoms. The topological polar surface area (TPSA) is 50.3 Å². The molecule has 0 aromatic carbocycles. The van der Waals surface area contributed by atoms with Crippen LogP contribution in [-0.2, 0) is 0 Å². The molecule has 3 unspecified atom stereocenters. The summed E-state index contributed by atoms with van der Waals surface area (Å²) in [5.41, 5.74) is 0. The van der Waals surface area contributed by atoms with Crippen LogP contribution in [0.25, 0.3) is 0 Å². The molecule has 2 fully saturated rings. The van der Waals surface area contributed by atoms with E-state index in [1.807, 2.05) is 19.9 Å². The number of fused-ring (bicyclic) bond motifs is 1. The predicted octanol–water partition coefficient (Wildman–Crippen LogP) is 1.31. The first-order valence-electron chi connectivity index (χ1n) is 7.12. The summed E-state index contributed by atoms with van der Waals surface area (Å²) in [5.74, 6) is 2.92. The van der Waals surface area contributed by atoms with Crippen LogP contribution in [0.4, 0.5) is 5.95 Å². The van der Waals surface area contributed by atoms with Crippen LogP contribution in [0.3, 0.4) is 0 Å². The first-order chi connectivity index (χ1) is 9.15. The van der Waals surface area contributed by atoms with E-state index in [-0.39, 0.29) is 6.10 Å². The molecule has 3 rings (SSSR count). The van der Waals surface area contributed by atoms with Gasteiger partial charge in [-0.3, -0.25) is 0 Å². The molecule has 3 atom stereocenters. The van der Waals surface area contributed by atoms with Gasteiger partial charge in [-0.2, -0.15) is 4.98 Å². The lowest BCUT2D eigenvalue weighted by Gasteiger charge is -2.24. The Labute approximate surface area is 114 Å². The van der Waals surface area contributed by atoms with Crippen molar-refractivity contribution >= 4 is 5.95 Å². The van der Waals surface area contributed by atoms with Crippen molar-refractivity contribution in [3.8, 4) is 5.88 Å². The van der Waals surface area contributed by atoms with Gasteiger partial charge in [0.2, 0.25) is 11.8 Å². The fourth-order valence-corrected chi connectivity index (χ4v) is 3.21. The van der Waals surface area contributed by atoms with E-state index in [0.717, 1.165) is 37.4 Å². The summed E-state index contributed by atoms with van der Waals surface area (Å²) in [4.78, 5) is 11.3. The number of rotatable bonds is 3. The molecule has 0 bridgehead atoms. The minimum Gasteiger partial charge on any atom is -0.475 e. The predicted molar refractivity (Wildman–Crippen MR) is 74.5 cm³/mol. The maximum Gasteiger partial charge on any atom is 0.228 e. The highest BCUT2D eigenvalue weighted by Gasteiger charge is 2.42. The van der Waals surface area contributed by atoms with Gasteiger partial charge >= 0.3 is 0 Å². The van der Waals surface area contributed by atoms with E-state index in [9.17, 15) is 0 Å². The normalized spacial score (nSPS) is 29.9. The number of nitrogens with zero attached hydrogens (tertiary/aromatic N) is 3. The lowest BCUT2D eigenvalue weighted by molar-refractivity contribution is 0.232. The highest BCUT2D eigenvalue weighted by molar-refractivity contribution is 5.37. The molecule has 3 heterocycles. The SMILES string of the molecule is CC(C)Oc1ccnc(N2CC3CNCC3C2C)n1. The molecule has 2 aliphatic rings. The van der Waals surface area contributed by atoms with Crippen LogP contribution in [-0.4, -0.2) is 41.7 Å². The van der Waals surface area contributed by atoms with Gasteiger partial charge in [0.1, 0.15) is 0 Å². The third-order valence-corrected chi connectivity index (χ3v) is 4.17. The molecule has 0 aliphatic carbocycles. The van der Waals surface area contributed by atoms with Crippen molar-refractivity contribution in [3.05, 3.63) is 12.3 Å². The zero-order chi connectivity index (χ0) is 13.4. The third kappa shape index (κ3) is 2.39. The van der Waals surface area contributed by atoms with Crippen molar-refractivity contribution in [1.29, 1.82) is 0 Å². The Morgan fingerprint density at radius 3 is 3.00 bits per heavy atom. The van der Waals surface area contributed by atoms with Crippen LogP contribution in [0.15, 0.2) is 12.3 Å². The molecular weight excluding hydrogens is 240 g/mol. The first-order valence-corrected chi connectivity index (χ1v) is 7.12. The molecular formula is C14H22N4O. The van der Waals surface area contributed by atoms with Gasteiger partial charge in [-0.15, -0.1) is 0 Å². The maximum atomic E-state index is 5.65. The average Bonchev–Trinajstić information content (AvgIpc) is 2.92. The number of ether oxygens (including phenoxy) is 1. The summed E-state index contributed by atoms with van der Waals surface area (Å²) in [6.45, 7) is 9.58. The van der Waals surface area contributed by atoms with Gasteiger partial charge in [0, 0.05) is 37.9 Å². The minimum atomic E-state index is 0.141. The van der Waals surface area contributed by atoms with Gasteiger partial charge in [0.25, 0.3) is 0 Å². The number of anilines is 1. The largest absolute Gasteiger partial charge is 0.475 e. The number of aromatic nitrogens is 2.